The molecule has 1 heterocycles. The molecule has 0 radical (unpaired) electrons. The highest BCUT2D eigenvalue weighted by Crippen LogP contribution is 2.24. The van der Waals surface area contributed by atoms with Crippen LogP contribution in [0.5, 0.6) is 0 Å². The summed E-state index contributed by atoms with van der Waals surface area (Å²) in [7, 11) is 0. The fraction of sp³-hybridized carbons (Fsp3) is 0.167. The Kier molecular flexibility index (Phi) is 2.83. The number of nitrogens with two attached hydrogens (primary N) is 1. The molecule has 4 heteroatoms. The molecule has 0 aromatic heterocycles. The first kappa shape index (κ1) is 10.6. The van der Waals surface area contributed by atoms with Crippen LogP contribution in [-0.2, 0) is 11.2 Å². The Labute approximate surface area is 93.1 Å². The monoisotopic (exact) mass is 216 g/mol. The van der Waals surface area contributed by atoms with Crippen molar-refractivity contribution in [2.45, 2.75) is 12.5 Å². The van der Waals surface area contributed by atoms with Gasteiger partial charge in [0.2, 0.25) is 0 Å². The van der Waals surface area contributed by atoms with Gasteiger partial charge in [-0.15, -0.1) is 0 Å². The van der Waals surface area contributed by atoms with Gasteiger partial charge in [0.05, 0.1) is 5.69 Å². The zero-order valence-electron chi connectivity index (χ0n) is 8.63. The number of fused-ring (bicyclic) bond motifs is 1. The first-order valence-corrected chi connectivity index (χ1v) is 4.99. The predicted molar refractivity (Wildman–Crippen MR) is 60.2 cm³/mol. The number of rotatable bonds is 3. The van der Waals surface area contributed by atoms with Gasteiger partial charge in [-0.1, -0.05) is 24.3 Å². The minimum Gasteiger partial charge on any atom is -0.480 e. The summed E-state index contributed by atoms with van der Waals surface area (Å²) in [6.45, 7) is 0. The van der Waals surface area contributed by atoms with Crippen molar-refractivity contribution in [1.82, 2.24) is 4.98 Å². The number of aromatic nitrogens is 1. The van der Waals surface area contributed by atoms with Gasteiger partial charge in [0.15, 0.2) is 0 Å². The molecule has 1 aliphatic heterocycles. The van der Waals surface area contributed by atoms with Gasteiger partial charge in [0, 0.05) is 18.2 Å². The van der Waals surface area contributed by atoms with Crippen LogP contribution in [0, 0.1) is 0 Å². The standard InChI is InChI=1S/C12H12N2O2/c13-10(12(15)16)6-8-7-14-11-5-3-1-2-4-9(8)11/h1-5,7,10H,6,13H2,(H,15,16). The number of carbonyl (C=O) groups is 1. The third kappa shape index (κ3) is 2.01. The average molecular weight is 216 g/mol. The fourth-order valence-electron chi connectivity index (χ4n) is 1.63. The zero-order chi connectivity index (χ0) is 11.5. The summed E-state index contributed by atoms with van der Waals surface area (Å²) in [4.78, 5) is 14.9. The molecule has 82 valence electrons. The average Bonchev–Trinajstić information content (AvgIpc) is 2.50. The molecule has 0 spiro atoms. The quantitative estimate of drug-likeness (QED) is 0.806. The number of hydrogen-bond donors (Lipinski definition) is 2. The van der Waals surface area contributed by atoms with E-state index in [1.54, 1.807) is 6.20 Å². The van der Waals surface area contributed by atoms with Crippen molar-refractivity contribution < 1.29 is 9.90 Å². The molecule has 2 rings (SSSR count). The molecule has 2 aliphatic rings. The van der Waals surface area contributed by atoms with Crippen molar-refractivity contribution in [2.75, 3.05) is 0 Å². The third-order valence-electron chi connectivity index (χ3n) is 2.48. The Morgan fingerprint density at radius 3 is 2.88 bits per heavy atom. The third-order valence-corrected chi connectivity index (χ3v) is 2.48. The summed E-state index contributed by atoms with van der Waals surface area (Å²) < 4.78 is 0. The molecule has 0 saturated carbocycles. The maximum Gasteiger partial charge on any atom is 0.320 e. The number of hydrogen-bond acceptors (Lipinski definition) is 3. The minimum atomic E-state index is -0.991. The second-order valence-electron chi connectivity index (χ2n) is 3.64. The lowest BCUT2D eigenvalue weighted by atomic mass is 10.0. The van der Waals surface area contributed by atoms with Gasteiger partial charge >= 0.3 is 5.97 Å². The Morgan fingerprint density at radius 1 is 1.38 bits per heavy atom. The molecule has 1 atom stereocenters. The van der Waals surface area contributed by atoms with Gasteiger partial charge in [-0.2, -0.15) is 0 Å². The van der Waals surface area contributed by atoms with Gasteiger partial charge < -0.3 is 10.8 Å². The lowest BCUT2D eigenvalue weighted by Gasteiger charge is -2.05. The topological polar surface area (TPSA) is 76.2 Å². The number of aliphatic carboxylic acids is 1. The highest BCUT2D eigenvalue weighted by Gasteiger charge is 2.16. The van der Waals surface area contributed by atoms with Crippen molar-refractivity contribution in [3.05, 3.63) is 42.1 Å². The first-order chi connectivity index (χ1) is 7.68. The van der Waals surface area contributed by atoms with E-state index in [-0.39, 0.29) is 0 Å². The van der Waals surface area contributed by atoms with E-state index in [4.69, 9.17) is 10.8 Å². The van der Waals surface area contributed by atoms with Crippen LogP contribution >= 0.6 is 0 Å². The van der Waals surface area contributed by atoms with Crippen LogP contribution in [0.4, 0.5) is 0 Å². The van der Waals surface area contributed by atoms with E-state index in [1.165, 1.54) is 0 Å². The largest absolute Gasteiger partial charge is 0.480 e. The van der Waals surface area contributed by atoms with E-state index in [0.717, 1.165) is 16.8 Å². The van der Waals surface area contributed by atoms with Crippen LogP contribution in [0.3, 0.4) is 0 Å². The second-order valence-corrected chi connectivity index (χ2v) is 3.64. The number of nitrogens with zero attached hydrogens (tertiary/aromatic N) is 1. The van der Waals surface area contributed by atoms with Crippen LogP contribution < -0.4 is 5.73 Å². The van der Waals surface area contributed by atoms with Crippen molar-refractivity contribution >= 4 is 5.97 Å². The molecule has 16 heavy (non-hydrogen) atoms. The summed E-state index contributed by atoms with van der Waals surface area (Å²) >= 11 is 0. The van der Waals surface area contributed by atoms with E-state index in [1.807, 2.05) is 30.3 Å². The highest BCUT2D eigenvalue weighted by molar-refractivity contribution is 5.75. The molecule has 4 nitrogen and oxygen atoms in total. The Balaban J connectivity index is 2.31. The maximum atomic E-state index is 10.7. The normalized spacial score (nSPS) is 12.6. The molecular formula is C12H12N2O2. The Bertz CT molecular complexity index is 484. The van der Waals surface area contributed by atoms with Crippen LogP contribution in [0.25, 0.3) is 11.3 Å². The molecule has 1 aliphatic carbocycles. The van der Waals surface area contributed by atoms with E-state index in [2.05, 4.69) is 4.98 Å². The SMILES string of the molecule is NC(Cc1cnc2cccccc1-2)C(=O)O. The van der Waals surface area contributed by atoms with Crippen LogP contribution in [0.2, 0.25) is 0 Å². The number of carboxylic acid groups (broad SMARTS) is 1. The van der Waals surface area contributed by atoms with E-state index in [0.29, 0.717) is 6.42 Å². The second kappa shape index (κ2) is 4.28. The van der Waals surface area contributed by atoms with E-state index in [9.17, 15) is 4.79 Å². The summed E-state index contributed by atoms with van der Waals surface area (Å²) in [5, 5.41) is 8.76. The minimum absolute atomic E-state index is 0.301. The molecule has 0 fully saturated rings. The number of carboxylic acids is 1. The molecule has 0 bridgehead atoms. The lowest BCUT2D eigenvalue weighted by Crippen LogP contribution is -2.32. The smallest absolute Gasteiger partial charge is 0.320 e. The van der Waals surface area contributed by atoms with Gasteiger partial charge in [0.25, 0.3) is 0 Å². The first-order valence-electron chi connectivity index (χ1n) is 4.99. The highest BCUT2D eigenvalue weighted by atomic mass is 16.4. The van der Waals surface area contributed by atoms with Crippen molar-refractivity contribution in [2.24, 2.45) is 5.73 Å². The Morgan fingerprint density at radius 2 is 2.12 bits per heavy atom. The summed E-state index contributed by atoms with van der Waals surface area (Å²) in [5.41, 5.74) is 8.20. The molecule has 3 N–H and O–H groups in total. The molecule has 0 aromatic carbocycles. The van der Waals surface area contributed by atoms with Crippen molar-refractivity contribution in [3.8, 4) is 11.3 Å². The Hall–Kier alpha value is -1.94. The lowest BCUT2D eigenvalue weighted by molar-refractivity contribution is -0.138. The predicted octanol–water partition coefficient (Wildman–Crippen LogP) is 1.14. The van der Waals surface area contributed by atoms with E-state index >= 15 is 0 Å². The van der Waals surface area contributed by atoms with Crippen LogP contribution in [0.15, 0.2) is 36.5 Å². The molecular weight excluding hydrogens is 204 g/mol. The van der Waals surface area contributed by atoms with Gasteiger partial charge in [-0.25, -0.2) is 0 Å². The molecule has 1 unspecified atom stereocenters. The van der Waals surface area contributed by atoms with Crippen molar-refractivity contribution in [3.63, 3.8) is 0 Å². The molecule has 0 aromatic rings. The van der Waals surface area contributed by atoms with Gasteiger partial charge in [0.1, 0.15) is 6.04 Å². The zero-order valence-corrected chi connectivity index (χ0v) is 8.63. The summed E-state index contributed by atoms with van der Waals surface area (Å²) in [6.07, 6.45) is 1.99. The summed E-state index contributed by atoms with van der Waals surface area (Å²) in [5.74, 6) is -0.991. The summed E-state index contributed by atoms with van der Waals surface area (Å²) in [6, 6.07) is 8.65. The fourth-order valence-corrected chi connectivity index (χ4v) is 1.63. The van der Waals surface area contributed by atoms with Crippen molar-refractivity contribution in [1.29, 1.82) is 0 Å². The molecule has 0 saturated heterocycles. The van der Waals surface area contributed by atoms with E-state index < -0.39 is 12.0 Å². The molecule has 0 amide bonds. The van der Waals surface area contributed by atoms with Crippen LogP contribution in [0.1, 0.15) is 5.56 Å². The maximum absolute atomic E-state index is 10.7. The van der Waals surface area contributed by atoms with Crippen LogP contribution in [-0.4, -0.2) is 22.1 Å². The van der Waals surface area contributed by atoms with Gasteiger partial charge in [-0.05, 0) is 11.6 Å². The van der Waals surface area contributed by atoms with Gasteiger partial charge in [-0.3, -0.25) is 9.78 Å².